The monoisotopic (exact) mass is 358 g/mol. The van der Waals surface area contributed by atoms with Gasteiger partial charge in [-0.25, -0.2) is 4.98 Å². The van der Waals surface area contributed by atoms with Crippen LogP contribution >= 0.6 is 0 Å². The topological polar surface area (TPSA) is 51.0 Å². The molecule has 136 valence electrons. The van der Waals surface area contributed by atoms with E-state index in [0.29, 0.717) is 18.8 Å². The van der Waals surface area contributed by atoms with Crippen LogP contribution in [0.1, 0.15) is 51.8 Å². The van der Waals surface area contributed by atoms with E-state index in [-0.39, 0.29) is 11.9 Å². The third-order valence-electron chi connectivity index (χ3n) is 5.70. The Morgan fingerprint density at radius 1 is 1.00 bits per heavy atom. The fourth-order valence-corrected chi connectivity index (χ4v) is 4.29. The van der Waals surface area contributed by atoms with Gasteiger partial charge in [-0.2, -0.15) is 5.10 Å². The van der Waals surface area contributed by atoms with Crippen LogP contribution in [0.2, 0.25) is 0 Å². The molecule has 1 aromatic carbocycles. The van der Waals surface area contributed by atoms with Crippen molar-refractivity contribution in [3.63, 3.8) is 0 Å². The van der Waals surface area contributed by atoms with E-state index in [0.717, 1.165) is 25.0 Å². The number of carbonyl (C=O) groups excluding carboxylic acids is 1. The van der Waals surface area contributed by atoms with E-state index >= 15 is 0 Å². The van der Waals surface area contributed by atoms with Crippen LogP contribution in [-0.2, 0) is 19.4 Å². The zero-order valence-electron chi connectivity index (χ0n) is 15.2. The highest BCUT2D eigenvalue weighted by molar-refractivity contribution is 5.92. The minimum Gasteiger partial charge on any atom is -0.330 e. The van der Waals surface area contributed by atoms with Crippen molar-refractivity contribution in [2.24, 2.45) is 0 Å². The summed E-state index contributed by atoms with van der Waals surface area (Å²) >= 11 is 0. The van der Waals surface area contributed by atoms with E-state index in [1.807, 2.05) is 34.0 Å². The maximum absolute atomic E-state index is 13.2. The second-order valence-electron chi connectivity index (χ2n) is 7.40. The lowest BCUT2D eigenvalue weighted by Crippen LogP contribution is -2.41. The lowest BCUT2D eigenvalue weighted by atomic mass is 9.94. The lowest BCUT2D eigenvalue weighted by Gasteiger charge is -2.34. The predicted octanol–water partition coefficient (Wildman–Crippen LogP) is 3.40. The van der Waals surface area contributed by atoms with Gasteiger partial charge in [-0.1, -0.05) is 30.3 Å². The molecule has 0 radical (unpaired) electrons. The molecule has 0 N–H and O–H groups in total. The number of benzene rings is 1. The number of hydrogen-bond donors (Lipinski definition) is 0. The Balaban J connectivity index is 1.48. The maximum Gasteiger partial charge on any atom is 0.272 e. The first-order valence-electron chi connectivity index (χ1n) is 9.64. The average molecular weight is 358 g/mol. The number of fused-ring (bicyclic) bond motifs is 2. The number of amides is 1. The Morgan fingerprint density at radius 2 is 1.89 bits per heavy atom. The van der Waals surface area contributed by atoms with Gasteiger partial charge in [0.25, 0.3) is 5.91 Å². The molecule has 3 aromatic rings. The molecule has 1 amide bonds. The molecule has 1 unspecified atom stereocenters. The van der Waals surface area contributed by atoms with Crippen molar-refractivity contribution < 1.29 is 4.79 Å². The van der Waals surface area contributed by atoms with Gasteiger partial charge in [0, 0.05) is 31.2 Å². The number of aryl methyl sites for hydroxylation is 2. The zero-order chi connectivity index (χ0) is 18.2. The molecule has 2 aromatic heterocycles. The maximum atomic E-state index is 13.2. The highest BCUT2D eigenvalue weighted by atomic mass is 16.2. The highest BCUT2D eigenvalue weighted by Crippen LogP contribution is 2.30. The first-order valence-corrected chi connectivity index (χ1v) is 9.64. The first kappa shape index (κ1) is 16.2. The molecule has 27 heavy (non-hydrogen) atoms. The number of pyridine rings is 1. The van der Waals surface area contributed by atoms with Crippen molar-refractivity contribution in [2.75, 3.05) is 6.54 Å². The van der Waals surface area contributed by atoms with Crippen LogP contribution in [-0.4, -0.2) is 32.1 Å². The van der Waals surface area contributed by atoms with Gasteiger partial charge in [-0.05, 0) is 54.5 Å². The SMILES string of the molecule is O=C(c1ccc2c(n1)CCCC2)N1Cc2ccccc2C(n2cccn2)C1. The summed E-state index contributed by atoms with van der Waals surface area (Å²) in [5.41, 5.74) is 5.39. The van der Waals surface area contributed by atoms with Crippen LogP contribution < -0.4 is 0 Å². The molecule has 0 bridgehead atoms. The van der Waals surface area contributed by atoms with Crippen molar-refractivity contribution in [3.05, 3.63) is 82.9 Å². The fraction of sp³-hybridized carbons (Fsp3) is 0.318. The van der Waals surface area contributed by atoms with Gasteiger partial charge in [0.05, 0.1) is 6.04 Å². The third-order valence-corrected chi connectivity index (χ3v) is 5.70. The van der Waals surface area contributed by atoms with Gasteiger partial charge in [0.15, 0.2) is 0 Å². The second-order valence-corrected chi connectivity index (χ2v) is 7.40. The largest absolute Gasteiger partial charge is 0.330 e. The van der Waals surface area contributed by atoms with Gasteiger partial charge in [0.1, 0.15) is 5.69 Å². The Hall–Kier alpha value is -2.95. The summed E-state index contributed by atoms with van der Waals surface area (Å²) in [6.45, 7) is 1.22. The summed E-state index contributed by atoms with van der Waals surface area (Å²) < 4.78 is 1.94. The number of nitrogens with zero attached hydrogens (tertiary/aromatic N) is 4. The second kappa shape index (κ2) is 6.65. The van der Waals surface area contributed by atoms with E-state index in [9.17, 15) is 4.79 Å². The minimum atomic E-state index is 0.00929. The van der Waals surface area contributed by atoms with Crippen molar-refractivity contribution in [1.29, 1.82) is 0 Å². The quantitative estimate of drug-likeness (QED) is 0.705. The van der Waals surface area contributed by atoms with Gasteiger partial charge in [-0.15, -0.1) is 0 Å². The van der Waals surface area contributed by atoms with Gasteiger partial charge in [0.2, 0.25) is 0 Å². The van der Waals surface area contributed by atoms with Crippen molar-refractivity contribution in [3.8, 4) is 0 Å². The van der Waals surface area contributed by atoms with Gasteiger partial charge >= 0.3 is 0 Å². The van der Waals surface area contributed by atoms with Crippen molar-refractivity contribution in [2.45, 2.75) is 38.3 Å². The Morgan fingerprint density at radius 3 is 2.78 bits per heavy atom. The number of carbonyl (C=O) groups is 1. The molecule has 0 fully saturated rings. The van der Waals surface area contributed by atoms with Crippen LogP contribution in [0, 0.1) is 0 Å². The van der Waals surface area contributed by atoms with E-state index in [4.69, 9.17) is 4.98 Å². The summed E-state index contributed by atoms with van der Waals surface area (Å²) in [7, 11) is 0. The Bertz CT molecular complexity index is 980. The normalized spacial score (nSPS) is 18.7. The summed E-state index contributed by atoms with van der Waals surface area (Å²) in [5.74, 6) is 0.00929. The molecular weight excluding hydrogens is 336 g/mol. The molecule has 1 aliphatic carbocycles. The summed E-state index contributed by atoms with van der Waals surface area (Å²) in [6.07, 6.45) is 8.19. The minimum absolute atomic E-state index is 0.00929. The summed E-state index contributed by atoms with van der Waals surface area (Å²) in [6, 6.07) is 14.3. The van der Waals surface area contributed by atoms with Gasteiger partial charge < -0.3 is 4.90 Å². The average Bonchev–Trinajstić information content (AvgIpc) is 3.27. The van der Waals surface area contributed by atoms with E-state index in [2.05, 4.69) is 29.4 Å². The number of hydrogen-bond acceptors (Lipinski definition) is 3. The molecule has 1 atom stereocenters. The third kappa shape index (κ3) is 2.93. The molecule has 0 spiro atoms. The standard InChI is InChI=1S/C22H22N4O/c27-22(20-11-10-16-6-2-4-9-19(16)24-20)25-14-17-7-1-3-8-18(17)21(15-25)26-13-5-12-23-26/h1,3,5,7-8,10-13,21H,2,4,6,9,14-15H2. The van der Waals surface area contributed by atoms with Crippen LogP contribution in [0.15, 0.2) is 54.9 Å². The van der Waals surface area contributed by atoms with Crippen LogP contribution in [0.25, 0.3) is 0 Å². The molecule has 5 nitrogen and oxygen atoms in total. The summed E-state index contributed by atoms with van der Waals surface area (Å²) in [5, 5.41) is 4.43. The Labute approximate surface area is 158 Å². The molecule has 5 rings (SSSR count). The van der Waals surface area contributed by atoms with Gasteiger partial charge in [-0.3, -0.25) is 9.48 Å². The fourth-order valence-electron chi connectivity index (χ4n) is 4.29. The van der Waals surface area contributed by atoms with E-state index in [1.54, 1.807) is 6.20 Å². The smallest absolute Gasteiger partial charge is 0.272 e. The molecule has 0 saturated carbocycles. The Kier molecular flexibility index (Phi) is 4.00. The van der Waals surface area contributed by atoms with Crippen LogP contribution in [0.4, 0.5) is 0 Å². The lowest BCUT2D eigenvalue weighted by molar-refractivity contribution is 0.0700. The predicted molar refractivity (Wildman–Crippen MR) is 102 cm³/mol. The molecule has 2 aliphatic rings. The van der Waals surface area contributed by atoms with E-state index < -0.39 is 0 Å². The highest BCUT2D eigenvalue weighted by Gasteiger charge is 2.30. The van der Waals surface area contributed by atoms with Crippen molar-refractivity contribution >= 4 is 5.91 Å². The van der Waals surface area contributed by atoms with E-state index in [1.165, 1.54) is 23.1 Å². The molecule has 3 heterocycles. The number of rotatable bonds is 2. The van der Waals surface area contributed by atoms with Crippen molar-refractivity contribution in [1.82, 2.24) is 19.7 Å². The van der Waals surface area contributed by atoms with Crippen LogP contribution in [0.5, 0.6) is 0 Å². The molecule has 1 aliphatic heterocycles. The van der Waals surface area contributed by atoms with Crippen LogP contribution in [0.3, 0.4) is 0 Å². The summed E-state index contributed by atoms with van der Waals surface area (Å²) in [4.78, 5) is 19.9. The molecular formula is C22H22N4O. The zero-order valence-corrected chi connectivity index (χ0v) is 15.2. The first-order chi connectivity index (χ1) is 13.3. The molecule has 0 saturated heterocycles. The number of aromatic nitrogens is 3. The molecule has 5 heteroatoms.